The van der Waals surface area contributed by atoms with Crippen molar-refractivity contribution < 1.29 is 9.18 Å². The summed E-state index contributed by atoms with van der Waals surface area (Å²) >= 11 is 0. The number of rotatable bonds is 3. The van der Waals surface area contributed by atoms with Crippen molar-refractivity contribution in [3.8, 4) is 11.8 Å². The average Bonchev–Trinajstić information content (AvgIpc) is 3.17. The summed E-state index contributed by atoms with van der Waals surface area (Å²) in [6.07, 6.45) is 6.33. The minimum absolute atomic E-state index is 0.187. The van der Waals surface area contributed by atoms with Crippen LogP contribution >= 0.6 is 0 Å². The first kappa shape index (κ1) is 19.1. The molecule has 0 aliphatic heterocycles. The topological polar surface area (TPSA) is 98.2 Å². The quantitative estimate of drug-likeness (QED) is 0.515. The molecule has 1 amide bonds. The number of halogens is 1. The molecule has 0 saturated carbocycles. The first-order valence-corrected chi connectivity index (χ1v) is 9.13. The lowest BCUT2D eigenvalue weighted by Gasteiger charge is -2.13. The van der Waals surface area contributed by atoms with Crippen molar-refractivity contribution in [1.29, 1.82) is 0 Å². The van der Waals surface area contributed by atoms with E-state index in [9.17, 15) is 9.18 Å². The number of carbonyl (C=O) groups is 1. The Morgan fingerprint density at radius 2 is 1.80 bits per heavy atom. The van der Waals surface area contributed by atoms with Crippen LogP contribution in [-0.2, 0) is 0 Å². The van der Waals surface area contributed by atoms with Gasteiger partial charge in [-0.25, -0.2) is 18.9 Å². The summed E-state index contributed by atoms with van der Waals surface area (Å²) in [5.41, 5.74) is 8.66. The summed E-state index contributed by atoms with van der Waals surface area (Å²) in [5.74, 6) is 5.57. The summed E-state index contributed by atoms with van der Waals surface area (Å²) < 4.78 is 14.7. The van der Waals surface area contributed by atoms with Crippen molar-refractivity contribution in [2.24, 2.45) is 0 Å². The van der Waals surface area contributed by atoms with Crippen LogP contribution in [0.2, 0.25) is 0 Å². The van der Waals surface area contributed by atoms with Gasteiger partial charge in [0.25, 0.3) is 5.91 Å². The maximum atomic E-state index is 13.1. The van der Waals surface area contributed by atoms with Gasteiger partial charge in [0.05, 0.1) is 28.9 Å². The van der Waals surface area contributed by atoms with Gasteiger partial charge < -0.3 is 11.1 Å². The largest absolute Gasteiger partial charge is 0.368 e. The molecular formula is C22H17FN6O. The average molecular weight is 400 g/mol. The summed E-state index contributed by atoms with van der Waals surface area (Å²) in [5, 5.41) is 7.14. The van der Waals surface area contributed by atoms with Gasteiger partial charge in [0, 0.05) is 24.2 Å². The molecule has 8 heteroatoms. The Balaban J connectivity index is 1.57. The van der Waals surface area contributed by atoms with E-state index in [1.54, 1.807) is 47.4 Å². The summed E-state index contributed by atoms with van der Waals surface area (Å²) in [6.45, 7) is 1.84. The van der Waals surface area contributed by atoms with Crippen LogP contribution in [0.25, 0.3) is 5.52 Å². The van der Waals surface area contributed by atoms with Crippen LogP contribution in [0.3, 0.4) is 0 Å². The molecule has 0 fully saturated rings. The molecule has 4 aromatic rings. The number of nitrogens with one attached hydrogen (secondary N) is 1. The predicted octanol–water partition coefficient (Wildman–Crippen LogP) is 2.74. The number of carbonyl (C=O) groups excluding carboxylic acids is 1. The van der Waals surface area contributed by atoms with E-state index in [0.717, 1.165) is 5.56 Å². The molecular weight excluding hydrogens is 383 g/mol. The number of hydrogen-bond donors (Lipinski definition) is 2. The van der Waals surface area contributed by atoms with Gasteiger partial charge in [-0.2, -0.15) is 5.10 Å². The molecule has 3 aromatic heterocycles. The lowest BCUT2D eigenvalue weighted by Crippen LogP contribution is -2.26. The molecule has 3 N–H and O–H groups in total. The van der Waals surface area contributed by atoms with Gasteiger partial charge in [0.1, 0.15) is 5.82 Å². The SMILES string of the molecule is C[C@H](NC(=O)c1cnn2ccc(C#Cc3cnc(N)nc3)cc12)c1ccc(F)cc1. The van der Waals surface area contributed by atoms with Gasteiger partial charge in [-0.1, -0.05) is 24.0 Å². The second kappa shape index (κ2) is 8.01. The van der Waals surface area contributed by atoms with E-state index >= 15 is 0 Å². The van der Waals surface area contributed by atoms with Crippen molar-refractivity contribution in [3.05, 3.63) is 89.3 Å². The highest BCUT2D eigenvalue weighted by Crippen LogP contribution is 2.17. The molecule has 0 aliphatic rings. The Morgan fingerprint density at radius 3 is 2.53 bits per heavy atom. The van der Waals surface area contributed by atoms with E-state index in [1.807, 2.05) is 6.92 Å². The maximum Gasteiger partial charge on any atom is 0.255 e. The van der Waals surface area contributed by atoms with E-state index in [4.69, 9.17) is 5.73 Å². The number of nitrogens with zero attached hydrogens (tertiary/aromatic N) is 4. The molecule has 148 valence electrons. The highest BCUT2D eigenvalue weighted by Gasteiger charge is 2.16. The van der Waals surface area contributed by atoms with Crippen LogP contribution in [0.5, 0.6) is 0 Å². The fourth-order valence-electron chi connectivity index (χ4n) is 2.89. The van der Waals surface area contributed by atoms with E-state index in [-0.39, 0.29) is 23.7 Å². The Labute approximate surface area is 171 Å². The number of fused-ring (bicyclic) bond motifs is 1. The number of pyridine rings is 1. The zero-order valence-electron chi connectivity index (χ0n) is 16.0. The number of aromatic nitrogens is 4. The van der Waals surface area contributed by atoms with Crippen molar-refractivity contribution in [3.63, 3.8) is 0 Å². The smallest absolute Gasteiger partial charge is 0.255 e. The number of benzene rings is 1. The van der Waals surface area contributed by atoms with Gasteiger partial charge in [0.2, 0.25) is 5.95 Å². The van der Waals surface area contributed by atoms with Gasteiger partial charge in [-0.05, 0) is 36.8 Å². The van der Waals surface area contributed by atoms with Crippen LogP contribution in [0.4, 0.5) is 10.3 Å². The molecule has 4 rings (SSSR count). The first-order valence-electron chi connectivity index (χ1n) is 9.13. The number of amides is 1. The van der Waals surface area contributed by atoms with E-state index < -0.39 is 0 Å². The van der Waals surface area contributed by atoms with Crippen LogP contribution in [0.1, 0.15) is 40.0 Å². The highest BCUT2D eigenvalue weighted by molar-refractivity contribution is 6.00. The summed E-state index contributed by atoms with van der Waals surface area (Å²) in [7, 11) is 0. The normalized spacial score (nSPS) is 11.5. The van der Waals surface area contributed by atoms with Crippen LogP contribution in [0, 0.1) is 17.7 Å². The molecule has 0 saturated heterocycles. The van der Waals surface area contributed by atoms with Crippen molar-refractivity contribution in [2.45, 2.75) is 13.0 Å². The lowest BCUT2D eigenvalue weighted by atomic mass is 10.1. The Hall–Kier alpha value is -4.25. The van der Waals surface area contributed by atoms with Gasteiger partial charge in [0.15, 0.2) is 0 Å². The van der Waals surface area contributed by atoms with Gasteiger partial charge >= 0.3 is 0 Å². The highest BCUT2D eigenvalue weighted by atomic mass is 19.1. The lowest BCUT2D eigenvalue weighted by molar-refractivity contribution is 0.0941. The third kappa shape index (κ3) is 4.10. The van der Waals surface area contributed by atoms with Crippen LogP contribution < -0.4 is 11.1 Å². The Morgan fingerprint density at radius 1 is 1.10 bits per heavy atom. The molecule has 3 heterocycles. The second-order valence-corrected chi connectivity index (χ2v) is 6.63. The number of nitrogen functional groups attached to an aromatic ring is 1. The molecule has 0 spiro atoms. The van der Waals surface area contributed by atoms with Crippen molar-refractivity contribution in [2.75, 3.05) is 5.73 Å². The second-order valence-electron chi connectivity index (χ2n) is 6.63. The zero-order chi connectivity index (χ0) is 21.1. The number of hydrogen-bond acceptors (Lipinski definition) is 5. The van der Waals surface area contributed by atoms with Gasteiger partial charge in [-0.3, -0.25) is 4.79 Å². The Bertz CT molecular complexity index is 1270. The Kier molecular flexibility index (Phi) is 5.09. The minimum Gasteiger partial charge on any atom is -0.368 e. The molecule has 0 bridgehead atoms. The molecule has 0 radical (unpaired) electrons. The molecule has 0 aliphatic carbocycles. The van der Waals surface area contributed by atoms with E-state index in [1.165, 1.54) is 18.3 Å². The fraction of sp³-hybridized carbons (Fsp3) is 0.0909. The molecule has 7 nitrogen and oxygen atoms in total. The van der Waals surface area contributed by atoms with E-state index in [2.05, 4.69) is 32.2 Å². The minimum atomic E-state index is -0.320. The number of anilines is 1. The summed E-state index contributed by atoms with van der Waals surface area (Å²) in [4.78, 5) is 20.6. The number of nitrogens with two attached hydrogens (primary N) is 1. The van der Waals surface area contributed by atoms with Crippen molar-refractivity contribution >= 4 is 17.4 Å². The maximum absolute atomic E-state index is 13.1. The molecule has 30 heavy (non-hydrogen) atoms. The fourth-order valence-corrected chi connectivity index (χ4v) is 2.89. The monoisotopic (exact) mass is 400 g/mol. The predicted molar refractivity (Wildman–Crippen MR) is 110 cm³/mol. The molecule has 0 unspecified atom stereocenters. The third-order valence-electron chi connectivity index (χ3n) is 4.51. The van der Waals surface area contributed by atoms with Crippen LogP contribution in [0.15, 0.2) is 61.2 Å². The molecule has 1 aromatic carbocycles. The zero-order valence-corrected chi connectivity index (χ0v) is 16.0. The van der Waals surface area contributed by atoms with Crippen LogP contribution in [-0.4, -0.2) is 25.5 Å². The standard InChI is InChI=1S/C22H17FN6O/c1-14(17-4-6-18(23)7-5-17)28-21(30)19-13-27-29-9-8-15(10-20(19)29)2-3-16-11-25-22(24)26-12-16/h4-14H,1H3,(H,28,30)(H2,24,25,26)/t14-/m0/s1. The first-order chi connectivity index (χ1) is 14.5. The van der Waals surface area contributed by atoms with E-state index in [0.29, 0.717) is 22.2 Å². The van der Waals surface area contributed by atoms with Gasteiger partial charge in [-0.15, -0.1) is 0 Å². The third-order valence-corrected chi connectivity index (χ3v) is 4.51. The summed E-state index contributed by atoms with van der Waals surface area (Å²) in [6, 6.07) is 9.32. The van der Waals surface area contributed by atoms with Crippen molar-refractivity contribution in [1.82, 2.24) is 24.9 Å². The molecule has 1 atom stereocenters.